The average molecular weight is 1310 g/mol. The zero-order valence-electron chi connectivity index (χ0n) is 62.5. The Morgan fingerprint density at radius 3 is 0.897 bits per heavy atom. The molecule has 4 nitrogen and oxygen atoms in total. The second-order valence-corrected chi connectivity index (χ2v) is 46.8. The van der Waals surface area contributed by atoms with Crippen LogP contribution in [0.4, 0.5) is 0 Å². The molecule has 7 heteroatoms. The minimum Gasteiger partial charge on any atom is -0.493 e. The SMILES string of the molecule is C=C[Si](C)(C)c1ccc(OCC(CCC(C)CC(C)(C)C)C(C)CC(C)(C)C)cc1.CC(CCC(COc1ccc(Br)cc1)C(C)CC(C)(C)C)CC(C)(C)C.CC(CCC(COc1ccc([Si](C)(C)CCO)cc1)C(C)CC(C)(C)C)CC(C)(C)C. The second-order valence-electron chi connectivity index (χ2n) is 36.6. The van der Waals surface area contributed by atoms with Gasteiger partial charge >= 0.3 is 0 Å². The Morgan fingerprint density at radius 1 is 0.402 bits per heavy atom. The Morgan fingerprint density at radius 2 is 0.655 bits per heavy atom. The summed E-state index contributed by atoms with van der Waals surface area (Å²) in [4.78, 5) is 0. The molecule has 9 atom stereocenters. The van der Waals surface area contributed by atoms with Crippen LogP contribution in [-0.2, 0) is 0 Å². The molecule has 0 radical (unpaired) electrons. The molecule has 3 aromatic carbocycles. The van der Waals surface area contributed by atoms with Crippen molar-refractivity contribution in [1.29, 1.82) is 0 Å². The highest BCUT2D eigenvalue weighted by molar-refractivity contribution is 9.10. The number of ether oxygens (including phenoxy) is 3. The van der Waals surface area contributed by atoms with Crippen molar-refractivity contribution in [3.05, 3.63) is 89.5 Å². The molecule has 0 spiro atoms. The first-order valence-electron chi connectivity index (χ1n) is 34.7. The van der Waals surface area contributed by atoms with Crippen LogP contribution in [0.5, 0.6) is 17.2 Å². The molecule has 502 valence electrons. The fourth-order valence-electron chi connectivity index (χ4n) is 13.6. The van der Waals surface area contributed by atoms with E-state index in [0.717, 1.165) is 65.3 Å². The van der Waals surface area contributed by atoms with E-state index in [-0.39, 0.29) is 6.61 Å². The lowest BCUT2D eigenvalue weighted by Gasteiger charge is -2.31. The van der Waals surface area contributed by atoms with E-state index in [1.165, 1.54) is 87.4 Å². The number of aliphatic hydroxyl groups excluding tert-OH is 1. The summed E-state index contributed by atoms with van der Waals surface area (Å²) in [6.07, 6.45) is 15.2. The van der Waals surface area contributed by atoms with Crippen LogP contribution in [0, 0.1) is 85.8 Å². The molecule has 9 unspecified atom stereocenters. The van der Waals surface area contributed by atoms with Crippen LogP contribution in [0.1, 0.15) is 243 Å². The maximum atomic E-state index is 9.36. The van der Waals surface area contributed by atoms with Crippen LogP contribution in [-0.4, -0.2) is 47.7 Å². The normalized spacial score (nSPS) is 16.1. The first-order chi connectivity index (χ1) is 39.6. The second kappa shape index (κ2) is 37.4. The number of aliphatic hydroxyl groups is 1. The van der Waals surface area contributed by atoms with Crippen LogP contribution in [0.25, 0.3) is 0 Å². The van der Waals surface area contributed by atoms with Gasteiger partial charge in [0.15, 0.2) is 0 Å². The predicted octanol–water partition coefficient (Wildman–Crippen LogP) is 24.1. The molecule has 0 aliphatic rings. The summed E-state index contributed by atoms with van der Waals surface area (Å²) in [5, 5.41) is 12.2. The number of halogens is 1. The van der Waals surface area contributed by atoms with Crippen molar-refractivity contribution < 1.29 is 19.3 Å². The summed E-state index contributed by atoms with van der Waals surface area (Å²) < 4.78 is 19.9. The molecule has 0 saturated heterocycles. The van der Waals surface area contributed by atoms with Gasteiger partial charge in [-0.3, -0.25) is 0 Å². The van der Waals surface area contributed by atoms with E-state index in [1.54, 1.807) is 0 Å². The van der Waals surface area contributed by atoms with Crippen molar-refractivity contribution in [2.75, 3.05) is 26.4 Å². The summed E-state index contributed by atoms with van der Waals surface area (Å²) in [7, 11) is -3.04. The Kier molecular flexibility index (Phi) is 35.5. The molecule has 0 fully saturated rings. The standard InChI is InChI=1S/C28H52O2Si.C28H50OSi.C24H41BrO/c1-22(19-27(3,4)5)11-12-24(23(2)20-28(6,7)8)21-30-25-13-15-26(16-14-25)31(9,10)18-17-29;1-12-30(10,11)26-17-15-25(16-18-26)29-21-24(23(3)20-28(7,8)9)14-13-22(2)19-27(4,5)6;1-18(15-23(3,4)5)9-10-20(19(2)16-24(6,7)8)17-26-22-13-11-21(25)12-14-22/h13-16,22-24,29H,11-12,17-21H2,1-10H3;12,15-18,22-24H,1,13-14,19-21H2,2-11H3;11-14,18-20H,9-10,15-17H2,1-8H3. The average Bonchev–Trinajstić information content (AvgIpc) is 2.66. The minimum absolute atomic E-state index is 0.276. The molecule has 0 amide bonds. The number of hydrogen-bond acceptors (Lipinski definition) is 4. The molecule has 3 aromatic rings. The highest BCUT2D eigenvalue weighted by Gasteiger charge is 2.30. The molecule has 0 aliphatic carbocycles. The van der Waals surface area contributed by atoms with Gasteiger partial charge in [0.05, 0.1) is 27.9 Å². The van der Waals surface area contributed by atoms with Crippen LogP contribution in [0.2, 0.25) is 32.2 Å². The molecule has 0 saturated carbocycles. The summed E-state index contributed by atoms with van der Waals surface area (Å²) in [5.74, 6) is 9.03. The smallest absolute Gasteiger partial charge is 0.119 e. The summed E-state index contributed by atoms with van der Waals surface area (Å²) in [6, 6.07) is 26.6. The van der Waals surface area contributed by atoms with Gasteiger partial charge in [-0.25, -0.2) is 0 Å². The molecular weight excluding hydrogens is 1160 g/mol. The molecule has 0 heterocycles. The van der Waals surface area contributed by atoms with E-state index in [2.05, 4.69) is 281 Å². The van der Waals surface area contributed by atoms with Crippen LogP contribution < -0.4 is 24.6 Å². The molecule has 0 aromatic heterocycles. The fourth-order valence-corrected chi connectivity index (χ4v) is 17.0. The zero-order valence-corrected chi connectivity index (χ0v) is 66.1. The number of benzene rings is 3. The monoisotopic (exact) mass is 1300 g/mol. The molecule has 0 bridgehead atoms. The third kappa shape index (κ3) is 39.6. The summed E-state index contributed by atoms with van der Waals surface area (Å²) in [6.45, 7) is 72.8. The third-order valence-corrected chi connectivity index (χ3v) is 24.6. The minimum atomic E-state index is -1.54. The lowest BCUT2D eigenvalue weighted by atomic mass is 9.76. The summed E-state index contributed by atoms with van der Waals surface area (Å²) in [5.41, 5.74) is 4.44. The van der Waals surface area contributed by atoms with Crippen molar-refractivity contribution >= 4 is 42.5 Å². The predicted molar refractivity (Wildman–Crippen MR) is 397 cm³/mol. The van der Waals surface area contributed by atoms with Crippen LogP contribution in [0.3, 0.4) is 0 Å². The van der Waals surface area contributed by atoms with E-state index < -0.39 is 16.1 Å². The van der Waals surface area contributed by atoms with Gasteiger partial charge < -0.3 is 19.3 Å². The Bertz CT molecular complexity index is 2280. The lowest BCUT2D eigenvalue weighted by Crippen LogP contribution is -2.41. The van der Waals surface area contributed by atoms with E-state index in [4.69, 9.17) is 14.2 Å². The van der Waals surface area contributed by atoms with Crippen molar-refractivity contribution in [2.45, 2.75) is 275 Å². The molecular formula is C80H143BrO4Si2. The molecule has 1 N–H and O–H groups in total. The van der Waals surface area contributed by atoms with E-state index in [1.807, 2.05) is 12.1 Å². The Hall–Kier alpha value is -2.33. The molecule has 3 rings (SSSR count). The number of rotatable bonds is 32. The summed E-state index contributed by atoms with van der Waals surface area (Å²) >= 11 is 3.49. The van der Waals surface area contributed by atoms with Crippen molar-refractivity contribution in [1.82, 2.24) is 0 Å². The van der Waals surface area contributed by atoms with Crippen molar-refractivity contribution in [3.8, 4) is 17.2 Å². The largest absolute Gasteiger partial charge is 0.493 e. The number of hydrogen-bond donors (Lipinski definition) is 1. The van der Waals surface area contributed by atoms with Crippen LogP contribution in [0.15, 0.2) is 89.5 Å². The highest BCUT2D eigenvalue weighted by atomic mass is 79.9. The maximum Gasteiger partial charge on any atom is 0.119 e. The quantitative estimate of drug-likeness (QED) is 0.0633. The Labute approximate surface area is 552 Å². The lowest BCUT2D eigenvalue weighted by molar-refractivity contribution is 0.147. The Balaban J connectivity index is 0.000000655. The van der Waals surface area contributed by atoms with Crippen molar-refractivity contribution in [3.63, 3.8) is 0 Å². The van der Waals surface area contributed by atoms with Gasteiger partial charge in [-0.2, -0.15) is 0 Å². The van der Waals surface area contributed by atoms with Gasteiger partial charge in [0.2, 0.25) is 0 Å². The van der Waals surface area contributed by atoms with E-state index in [9.17, 15) is 5.11 Å². The van der Waals surface area contributed by atoms with Gasteiger partial charge in [-0.05, 0) is 198 Å². The van der Waals surface area contributed by atoms with Crippen molar-refractivity contribution in [2.24, 2.45) is 85.8 Å². The van der Waals surface area contributed by atoms with Gasteiger partial charge in [-0.15, -0.1) is 6.58 Å². The first-order valence-corrected chi connectivity index (χ1v) is 41.8. The fraction of sp³-hybridized carbons (Fsp3) is 0.750. The van der Waals surface area contributed by atoms with E-state index in [0.29, 0.717) is 68.0 Å². The zero-order chi connectivity index (χ0) is 67.0. The molecule has 0 aliphatic heterocycles. The first kappa shape index (κ1) is 82.7. The van der Waals surface area contributed by atoms with E-state index >= 15 is 0 Å². The van der Waals surface area contributed by atoms with Gasteiger partial charge in [0.1, 0.15) is 25.3 Å². The molecule has 87 heavy (non-hydrogen) atoms. The van der Waals surface area contributed by atoms with Crippen LogP contribution >= 0.6 is 15.9 Å². The van der Waals surface area contributed by atoms with Gasteiger partial charge in [0.25, 0.3) is 0 Å². The topological polar surface area (TPSA) is 47.9 Å². The van der Waals surface area contributed by atoms with Gasteiger partial charge in [-0.1, -0.05) is 268 Å². The highest BCUT2D eigenvalue weighted by Crippen LogP contribution is 2.38. The third-order valence-electron chi connectivity index (χ3n) is 17.9. The maximum absolute atomic E-state index is 9.36. The van der Waals surface area contributed by atoms with Gasteiger partial charge in [0, 0.05) is 11.1 Å².